The largest absolute Gasteiger partial charge is 0.385 e. The van der Waals surface area contributed by atoms with E-state index in [-0.39, 0.29) is 5.91 Å². The Labute approximate surface area is 92.8 Å². The van der Waals surface area contributed by atoms with Crippen molar-refractivity contribution in [2.24, 2.45) is 5.92 Å². The number of carbonyl (C=O) groups excluding carboxylic acids is 1. The van der Waals surface area contributed by atoms with Crippen molar-refractivity contribution in [3.63, 3.8) is 0 Å². The highest BCUT2D eigenvalue weighted by Crippen LogP contribution is 1.98. The van der Waals surface area contributed by atoms with E-state index in [0.29, 0.717) is 31.7 Å². The molecule has 4 heteroatoms. The van der Waals surface area contributed by atoms with Crippen LogP contribution in [0.5, 0.6) is 0 Å². The first-order chi connectivity index (χ1) is 7.07. The van der Waals surface area contributed by atoms with Gasteiger partial charge in [-0.1, -0.05) is 13.8 Å². The molecule has 0 aliphatic rings. The second-order valence-electron chi connectivity index (χ2n) is 4.11. The Bertz CT molecular complexity index is 172. The number of methoxy groups -OCH3 is 1. The van der Waals surface area contributed by atoms with E-state index in [4.69, 9.17) is 4.74 Å². The van der Waals surface area contributed by atoms with E-state index in [1.54, 1.807) is 7.11 Å². The summed E-state index contributed by atoms with van der Waals surface area (Å²) < 4.78 is 4.89. The molecule has 1 amide bonds. The molecule has 0 fully saturated rings. The lowest BCUT2D eigenvalue weighted by Gasteiger charge is -2.16. The predicted octanol–water partition coefficient (Wildman–Crippen LogP) is 0.773. The molecule has 90 valence electrons. The topological polar surface area (TPSA) is 50.4 Å². The van der Waals surface area contributed by atoms with Gasteiger partial charge in [-0.3, -0.25) is 4.79 Å². The van der Waals surface area contributed by atoms with Gasteiger partial charge < -0.3 is 15.4 Å². The molecule has 2 N–H and O–H groups in total. The number of ether oxygens (including phenoxy) is 1. The van der Waals surface area contributed by atoms with Crippen LogP contribution in [0.3, 0.4) is 0 Å². The number of nitrogens with one attached hydrogen (secondary N) is 2. The summed E-state index contributed by atoms with van der Waals surface area (Å²) in [5.41, 5.74) is 0. The van der Waals surface area contributed by atoms with Gasteiger partial charge in [0.25, 0.3) is 0 Å². The standard InChI is InChI=1S/C11H24N2O2/c1-9(2)10(3)13-8-11(14)12-6-5-7-15-4/h9-10,13H,5-8H2,1-4H3,(H,12,14). The van der Waals surface area contributed by atoms with Gasteiger partial charge in [0.2, 0.25) is 5.91 Å². The van der Waals surface area contributed by atoms with Gasteiger partial charge in [0.05, 0.1) is 6.54 Å². The quantitative estimate of drug-likeness (QED) is 0.589. The molecule has 0 heterocycles. The van der Waals surface area contributed by atoms with Crippen molar-refractivity contribution in [1.29, 1.82) is 0 Å². The molecule has 0 radical (unpaired) electrons. The van der Waals surface area contributed by atoms with Crippen molar-refractivity contribution >= 4 is 5.91 Å². The lowest BCUT2D eigenvalue weighted by Crippen LogP contribution is -2.40. The third kappa shape index (κ3) is 8.39. The molecule has 0 aromatic carbocycles. The fourth-order valence-corrected chi connectivity index (χ4v) is 0.996. The SMILES string of the molecule is COCCCNC(=O)CNC(C)C(C)C. The van der Waals surface area contributed by atoms with Crippen LogP contribution in [-0.2, 0) is 9.53 Å². The van der Waals surface area contributed by atoms with E-state index in [9.17, 15) is 4.79 Å². The van der Waals surface area contributed by atoms with Crippen LogP contribution in [0, 0.1) is 5.92 Å². The van der Waals surface area contributed by atoms with Crippen LogP contribution in [0.25, 0.3) is 0 Å². The van der Waals surface area contributed by atoms with Gasteiger partial charge in [-0.15, -0.1) is 0 Å². The normalized spacial score (nSPS) is 12.9. The van der Waals surface area contributed by atoms with Crippen LogP contribution >= 0.6 is 0 Å². The molecule has 0 saturated heterocycles. The number of amides is 1. The first-order valence-corrected chi connectivity index (χ1v) is 5.57. The second-order valence-corrected chi connectivity index (χ2v) is 4.11. The van der Waals surface area contributed by atoms with Crippen molar-refractivity contribution in [3.8, 4) is 0 Å². The molecule has 0 aromatic heterocycles. The van der Waals surface area contributed by atoms with Crippen molar-refractivity contribution in [3.05, 3.63) is 0 Å². The minimum absolute atomic E-state index is 0.0543. The summed E-state index contributed by atoms with van der Waals surface area (Å²) in [6, 6.07) is 0.370. The molecular weight excluding hydrogens is 192 g/mol. The maximum absolute atomic E-state index is 11.3. The fraction of sp³-hybridized carbons (Fsp3) is 0.909. The fourth-order valence-electron chi connectivity index (χ4n) is 0.996. The summed E-state index contributed by atoms with van der Waals surface area (Å²) in [7, 11) is 1.66. The highest BCUT2D eigenvalue weighted by atomic mass is 16.5. The Balaban J connectivity index is 3.41. The highest BCUT2D eigenvalue weighted by molar-refractivity contribution is 5.77. The molecule has 1 unspecified atom stereocenters. The van der Waals surface area contributed by atoms with Gasteiger partial charge in [0, 0.05) is 26.3 Å². The van der Waals surface area contributed by atoms with E-state index in [1.807, 2.05) is 0 Å². The van der Waals surface area contributed by atoms with E-state index < -0.39 is 0 Å². The lowest BCUT2D eigenvalue weighted by molar-refractivity contribution is -0.120. The van der Waals surface area contributed by atoms with Gasteiger partial charge in [0.1, 0.15) is 0 Å². The Morgan fingerprint density at radius 3 is 2.53 bits per heavy atom. The van der Waals surface area contributed by atoms with E-state index in [1.165, 1.54) is 0 Å². The van der Waals surface area contributed by atoms with Crippen molar-refractivity contribution in [2.45, 2.75) is 33.2 Å². The Hall–Kier alpha value is -0.610. The van der Waals surface area contributed by atoms with Crippen LogP contribution in [-0.4, -0.2) is 38.8 Å². The Morgan fingerprint density at radius 1 is 1.33 bits per heavy atom. The molecule has 0 rings (SSSR count). The van der Waals surface area contributed by atoms with Gasteiger partial charge in [-0.25, -0.2) is 0 Å². The minimum atomic E-state index is 0.0543. The maximum Gasteiger partial charge on any atom is 0.233 e. The zero-order valence-corrected chi connectivity index (χ0v) is 10.3. The zero-order valence-electron chi connectivity index (χ0n) is 10.3. The number of carbonyl (C=O) groups is 1. The average Bonchev–Trinajstić information content (AvgIpc) is 2.20. The molecular formula is C11H24N2O2. The van der Waals surface area contributed by atoms with Crippen molar-refractivity contribution < 1.29 is 9.53 Å². The van der Waals surface area contributed by atoms with E-state index in [2.05, 4.69) is 31.4 Å². The summed E-state index contributed by atoms with van der Waals surface area (Å²) >= 11 is 0. The highest BCUT2D eigenvalue weighted by Gasteiger charge is 2.07. The molecule has 15 heavy (non-hydrogen) atoms. The van der Waals surface area contributed by atoms with Crippen LogP contribution in [0.4, 0.5) is 0 Å². The molecule has 0 aliphatic carbocycles. The molecule has 0 aromatic rings. The van der Waals surface area contributed by atoms with Crippen LogP contribution in [0.1, 0.15) is 27.2 Å². The molecule has 4 nitrogen and oxygen atoms in total. The van der Waals surface area contributed by atoms with Gasteiger partial charge in [-0.2, -0.15) is 0 Å². The first-order valence-electron chi connectivity index (χ1n) is 5.57. The monoisotopic (exact) mass is 216 g/mol. The molecule has 0 saturated carbocycles. The Kier molecular flexibility index (Phi) is 8.33. The Morgan fingerprint density at radius 2 is 2.00 bits per heavy atom. The third-order valence-electron chi connectivity index (χ3n) is 2.43. The van der Waals surface area contributed by atoms with Gasteiger partial charge in [0.15, 0.2) is 0 Å². The first kappa shape index (κ1) is 14.4. The molecule has 0 aliphatic heterocycles. The lowest BCUT2D eigenvalue weighted by atomic mass is 10.1. The second kappa shape index (κ2) is 8.68. The van der Waals surface area contributed by atoms with E-state index in [0.717, 1.165) is 6.42 Å². The van der Waals surface area contributed by atoms with Crippen LogP contribution in [0.15, 0.2) is 0 Å². The molecule has 0 spiro atoms. The van der Waals surface area contributed by atoms with Gasteiger partial charge >= 0.3 is 0 Å². The van der Waals surface area contributed by atoms with Crippen molar-refractivity contribution in [1.82, 2.24) is 10.6 Å². The summed E-state index contributed by atoms with van der Waals surface area (Å²) in [5.74, 6) is 0.602. The average molecular weight is 216 g/mol. The summed E-state index contributed by atoms with van der Waals surface area (Å²) in [6.07, 6.45) is 0.863. The summed E-state index contributed by atoms with van der Waals surface area (Å²) in [5, 5.41) is 6.01. The molecule has 0 bridgehead atoms. The minimum Gasteiger partial charge on any atom is -0.385 e. The number of hydrogen-bond acceptors (Lipinski definition) is 3. The summed E-state index contributed by atoms with van der Waals surface area (Å²) in [6.45, 7) is 8.12. The zero-order chi connectivity index (χ0) is 11.7. The van der Waals surface area contributed by atoms with Crippen LogP contribution < -0.4 is 10.6 Å². The molecule has 1 atom stereocenters. The van der Waals surface area contributed by atoms with Gasteiger partial charge in [-0.05, 0) is 19.3 Å². The number of hydrogen-bond donors (Lipinski definition) is 2. The predicted molar refractivity (Wildman–Crippen MR) is 61.8 cm³/mol. The summed E-state index contributed by atoms with van der Waals surface area (Å²) in [4.78, 5) is 11.3. The third-order valence-corrected chi connectivity index (χ3v) is 2.43. The van der Waals surface area contributed by atoms with E-state index >= 15 is 0 Å². The maximum atomic E-state index is 11.3. The van der Waals surface area contributed by atoms with Crippen LogP contribution in [0.2, 0.25) is 0 Å². The smallest absolute Gasteiger partial charge is 0.233 e. The van der Waals surface area contributed by atoms with Crippen molar-refractivity contribution in [2.75, 3.05) is 26.8 Å². The number of rotatable bonds is 8.